The minimum atomic E-state index is -0.260. The van der Waals surface area contributed by atoms with Crippen LogP contribution >= 0.6 is 0 Å². The van der Waals surface area contributed by atoms with Crippen LogP contribution in [-0.2, 0) is 22.5 Å². The van der Waals surface area contributed by atoms with Gasteiger partial charge in [-0.3, -0.25) is 20.0 Å². The molecule has 186 valence electrons. The number of carbonyl (C=O) groups excluding carboxylic acids is 1. The largest absolute Gasteiger partial charge is 0.379 e. The maximum Gasteiger partial charge on any atom is 0.237 e. The van der Waals surface area contributed by atoms with Gasteiger partial charge in [-0.2, -0.15) is 0 Å². The van der Waals surface area contributed by atoms with Crippen LogP contribution in [0.4, 0.5) is 0 Å². The van der Waals surface area contributed by atoms with Crippen LogP contribution in [0.2, 0.25) is 0 Å². The first-order valence-corrected chi connectivity index (χ1v) is 12.9. The molecule has 2 N–H and O–H groups in total. The van der Waals surface area contributed by atoms with Crippen LogP contribution in [-0.4, -0.2) is 65.8 Å². The lowest BCUT2D eigenvalue weighted by molar-refractivity contribution is -0.123. The van der Waals surface area contributed by atoms with Crippen molar-refractivity contribution >= 4 is 16.8 Å². The molecule has 1 amide bonds. The van der Waals surface area contributed by atoms with Crippen molar-refractivity contribution in [1.82, 2.24) is 25.1 Å². The van der Waals surface area contributed by atoms with Gasteiger partial charge in [-0.15, -0.1) is 0 Å². The third-order valence-corrected chi connectivity index (χ3v) is 7.13. The molecular weight excluding hydrogens is 438 g/mol. The van der Waals surface area contributed by atoms with Crippen molar-refractivity contribution in [3.63, 3.8) is 0 Å². The minimum Gasteiger partial charge on any atom is -0.379 e. The number of nitrogens with one attached hydrogen (secondary N) is 2. The zero-order valence-electron chi connectivity index (χ0n) is 20.9. The number of benzene rings is 1. The maximum absolute atomic E-state index is 13.4. The van der Waals surface area contributed by atoms with E-state index in [4.69, 9.17) is 4.74 Å². The van der Waals surface area contributed by atoms with E-state index in [9.17, 15) is 4.79 Å². The zero-order chi connectivity index (χ0) is 24.2. The molecule has 2 aliphatic rings. The molecule has 0 spiro atoms. The molecule has 0 unspecified atom stereocenters. The second-order valence-electron chi connectivity index (χ2n) is 10.2. The first-order valence-electron chi connectivity index (χ1n) is 12.9. The van der Waals surface area contributed by atoms with Crippen molar-refractivity contribution in [2.24, 2.45) is 5.92 Å². The van der Waals surface area contributed by atoms with Crippen LogP contribution < -0.4 is 10.6 Å². The second kappa shape index (κ2) is 10.9. The van der Waals surface area contributed by atoms with E-state index >= 15 is 0 Å². The Morgan fingerprint density at radius 2 is 2.06 bits per heavy atom. The predicted molar refractivity (Wildman–Crippen MR) is 138 cm³/mol. The number of aromatic nitrogens is 2. The van der Waals surface area contributed by atoms with Gasteiger partial charge >= 0.3 is 0 Å². The van der Waals surface area contributed by atoms with Crippen molar-refractivity contribution in [3.05, 3.63) is 65.6 Å². The molecule has 0 aliphatic carbocycles. The summed E-state index contributed by atoms with van der Waals surface area (Å²) in [7, 11) is 0. The van der Waals surface area contributed by atoms with Gasteiger partial charge in [-0.25, -0.2) is 0 Å². The fraction of sp³-hybridized carbons (Fsp3) is 0.500. The summed E-state index contributed by atoms with van der Waals surface area (Å²) in [6, 6.07) is 12.5. The van der Waals surface area contributed by atoms with Crippen LogP contribution in [0.3, 0.4) is 0 Å². The van der Waals surface area contributed by atoms with Gasteiger partial charge in [0.1, 0.15) is 0 Å². The van der Waals surface area contributed by atoms with Crippen LogP contribution in [0.15, 0.2) is 48.8 Å². The SMILES string of the molecule is CC(C)C[C@@H]1N[C@H](C(=O)NCCN2CCOCC2)Cc2cn(Cc3ccccn3)c3cccc1c23. The van der Waals surface area contributed by atoms with Gasteiger partial charge in [-0.1, -0.05) is 32.0 Å². The summed E-state index contributed by atoms with van der Waals surface area (Å²) < 4.78 is 7.73. The normalized spacial score (nSPS) is 20.8. The maximum atomic E-state index is 13.4. The molecule has 35 heavy (non-hydrogen) atoms. The molecule has 0 bridgehead atoms. The molecule has 2 atom stereocenters. The van der Waals surface area contributed by atoms with Gasteiger partial charge in [-0.05, 0) is 48.1 Å². The number of hydrogen-bond donors (Lipinski definition) is 2. The standard InChI is InChI=1S/C28H37N5O2/c1-20(2)16-24-23-7-5-8-26-27(23)21(18-33(26)19-22-6-3-4-9-29-22)17-25(31-24)28(34)30-10-11-32-12-14-35-15-13-32/h3-9,18,20,24-25,31H,10-17,19H2,1-2H3,(H,30,34)/t24-,25-/m0/s1. The Labute approximate surface area is 207 Å². The number of carbonyl (C=O) groups is 1. The Hall–Kier alpha value is -2.74. The molecule has 1 saturated heterocycles. The van der Waals surface area contributed by atoms with Gasteiger partial charge in [0, 0.05) is 55.5 Å². The average molecular weight is 476 g/mol. The minimum absolute atomic E-state index is 0.0884. The van der Waals surface area contributed by atoms with Gasteiger partial charge in [0.05, 0.1) is 31.5 Å². The Morgan fingerprint density at radius 3 is 2.83 bits per heavy atom. The van der Waals surface area contributed by atoms with Gasteiger partial charge in [0.25, 0.3) is 0 Å². The third kappa shape index (κ3) is 5.58. The first kappa shape index (κ1) is 24.0. The van der Waals surface area contributed by atoms with E-state index in [1.165, 1.54) is 22.0 Å². The molecule has 2 aromatic heterocycles. The lowest BCUT2D eigenvalue weighted by atomic mass is 9.94. The molecule has 2 aliphatic heterocycles. The number of amides is 1. The first-order chi connectivity index (χ1) is 17.1. The van der Waals surface area contributed by atoms with E-state index in [0.29, 0.717) is 18.9 Å². The second-order valence-corrected chi connectivity index (χ2v) is 10.2. The van der Waals surface area contributed by atoms with E-state index in [1.54, 1.807) is 0 Å². The Kier molecular flexibility index (Phi) is 7.46. The highest BCUT2D eigenvalue weighted by molar-refractivity contribution is 5.90. The highest BCUT2D eigenvalue weighted by atomic mass is 16.5. The average Bonchev–Trinajstić information content (AvgIpc) is 3.12. The van der Waals surface area contributed by atoms with E-state index in [1.807, 2.05) is 18.3 Å². The molecule has 7 heteroatoms. The molecule has 7 nitrogen and oxygen atoms in total. The van der Waals surface area contributed by atoms with Gasteiger partial charge in [0.2, 0.25) is 5.91 Å². The Morgan fingerprint density at radius 1 is 1.20 bits per heavy atom. The summed E-state index contributed by atoms with van der Waals surface area (Å²) in [6.07, 6.45) is 5.74. The molecule has 0 radical (unpaired) electrons. The van der Waals surface area contributed by atoms with Crippen LogP contribution in [0.25, 0.3) is 10.9 Å². The number of hydrogen-bond acceptors (Lipinski definition) is 5. The number of pyridine rings is 1. The topological polar surface area (TPSA) is 71.4 Å². The van der Waals surface area contributed by atoms with Crippen LogP contribution in [0, 0.1) is 5.92 Å². The number of rotatable bonds is 8. The van der Waals surface area contributed by atoms with Crippen molar-refractivity contribution < 1.29 is 9.53 Å². The Bertz CT molecular complexity index is 1140. The highest BCUT2D eigenvalue weighted by Crippen LogP contribution is 2.36. The highest BCUT2D eigenvalue weighted by Gasteiger charge is 2.31. The molecule has 4 heterocycles. The summed E-state index contributed by atoms with van der Waals surface area (Å²) in [4.78, 5) is 20.2. The lowest BCUT2D eigenvalue weighted by Crippen LogP contribution is -2.48. The van der Waals surface area contributed by atoms with E-state index in [0.717, 1.165) is 51.5 Å². The van der Waals surface area contributed by atoms with E-state index < -0.39 is 0 Å². The van der Waals surface area contributed by atoms with E-state index in [-0.39, 0.29) is 18.0 Å². The van der Waals surface area contributed by atoms with E-state index in [2.05, 4.69) is 69.4 Å². The fourth-order valence-corrected chi connectivity index (χ4v) is 5.44. The number of ether oxygens (including phenoxy) is 1. The van der Waals surface area contributed by atoms with Crippen molar-refractivity contribution in [2.75, 3.05) is 39.4 Å². The van der Waals surface area contributed by atoms with Crippen molar-refractivity contribution in [2.45, 2.75) is 45.3 Å². The molecular formula is C28H37N5O2. The zero-order valence-corrected chi connectivity index (χ0v) is 20.9. The molecule has 1 fully saturated rings. The third-order valence-electron chi connectivity index (χ3n) is 7.13. The summed E-state index contributed by atoms with van der Waals surface area (Å²) >= 11 is 0. The molecule has 5 rings (SSSR count). The molecule has 1 aromatic carbocycles. The van der Waals surface area contributed by atoms with Gasteiger partial charge < -0.3 is 14.6 Å². The summed E-state index contributed by atoms with van der Waals surface area (Å²) in [6.45, 7) is 10.2. The smallest absolute Gasteiger partial charge is 0.237 e. The Balaban J connectivity index is 1.39. The monoisotopic (exact) mass is 475 g/mol. The quantitative estimate of drug-likeness (QED) is 0.524. The number of nitrogens with zero attached hydrogens (tertiary/aromatic N) is 3. The summed E-state index contributed by atoms with van der Waals surface area (Å²) in [5, 5.41) is 8.23. The lowest BCUT2D eigenvalue weighted by Gasteiger charge is -2.28. The van der Waals surface area contributed by atoms with Crippen molar-refractivity contribution in [3.8, 4) is 0 Å². The summed E-state index contributed by atoms with van der Waals surface area (Å²) in [5.41, 5.74) is 4.79. The summed E-state index contributed by atoms with van der Waals surface area (Å²) in [5.74, 6) is 0.607. The molecule has 3 aromatic rings. The predicted octanol–water partition coefficient (Wildman–Crippen LogP) is 3.13. The fourth-order valence-electron chi connectivity index (χ4n) is 5.44. The van der Waals surface area contributed by atoms with Crippen LogP contribution in [0.5, 0.6) is 0 Å². The number of morpholine rings is 1. The van der Waals surface area contributed by atoms with Crippen molar-refractivity contribution in [1.29, 1.82) is 0 Å². The van der Waals surface area contributed by atoms with Gasteiger partial charge in [0.15, 0.2) is 0 Å². The van der Waals surface area contributed by atoms with Crippen LogP contribution in [0.1, 0.15) is 43.1 Å². The molecule has 0 saturated carbocycles.